The summed E-state index contributed by atoms with van der Waals surface area (Å²) in [5.74, 6) is 0.727. The summed E-state index contributed by atoms with van der Waals surface area (Å²) in [6.45, 7) is 7.48. The van der Waals surface area contributed by atoms with Gasteiger partial charge in [-0.2, -0.15) is 0 Å². The van der Waals surface area contributed by atoms with E-state index in [0.717, 1.165) is 31.6 Å². The van der Waals surface area contributed by atoms with Crippen LogP contribution in [0.3, 0.4) is 0 Å². The quantitative estimate of drug-likeness (QED) is 0.0904. The van der Waals surface area contributed by atoms with E-state index >= 15 is 0 Å². The molecule has 2 unspecified atom stereocenters. The lowest BCUT2D eigenvalue weighted by Gasteiger charge is -2.36. The molecule has 0 fully saturated rings. The van der Waals surface area contributed by atoms with E-state index < -0.39 is 0 Å². The van der Waals surface area contributed by atoms with E-state index in [1.165, 1.54) is 75.3 Å². The second-order valence-electron chi connectivity index (χ2n) is 11.7. The van der Waals surface area contributed by atoms with Crippen molar-refractivity contribution in [3.8, 4) is 5.75 Å². The molecule has 0 radical (unpaired) electrons. The molecule has 4 heteroatoms. The predicted molar refractivity (Wildman–Crippen MR) is 164 cm³/mol. The van der Waals surface area contributed by atoms with E-state index in [1.54, 1.807) is 0 Å². The van der Waals surface area contributed by atoms with Crippen LogP contribution in [0.4, 0.5) is 0 Å². The summed E-state index contributed by atoms with van der Waals surface area (Å²) in [4.78, 5) is 13.1. The first-order valence-electron chi connectivity index (χ1n) is 15.7. The number of carbonyl (C=O) groups is 1. The van der Waals surface area contributed by atoms with Gasteiger partial charge in [0.1, 0.15) is 25.0 Å². The molecule has 2 aromatic carbocycles. The average Bonchev–Trinajstić information content (AvgIpc) is 2.92. The summed E-state index contributed by atoms with van der Waals surface area (Å²) in [7, 11) is 4.22. The number of carbonyl (C=O) groups excluding carboxylic acids is 1. The van der Waals surface area contributed by atoms with Crippen LogP contribution in [0.25, 0.3) is 0 Å². The maximum Gasteiger partial charge on any atom is 0.365 e. The molecule has 4 nitrogen and oxygen atoms in total. The summed E-state index contributed by atoms with van der Waals surface area (Å²) in [6, 6.07) is 18.6. The zero-order valence-corrected chi connectivity index (χ0v) is 25.6. The predicted octanol–water partition coefficient (Wildman–Crippen LogP) is 8.91. The van der Waals surface area contributed by atoms with E-state index in [2.05, 4.69) is 65.2 Å². The van der Waals surface area contributed by atoms with Crippen LogP contribution in [0.15, 0.2) is 54.6 Å². The van der Waals surface area contributed by atoms with Crippen molar-refractivity contribution >= 4 is 5.97 Å². The molecular formula is C35H56NO3+. The molecule has 2 aromatic rings. The van der Waals surface area contributed by atoms with Crippen LogP contribution in [-0.2, 0) is 22.5 Å². The first-order valence-corrected chi connectivity index (χ1v) is 15.7. The minimum Gasteiger partial charge on any atom is -0.487 e. The Balaban J connectivity index is 1.75. The number of aryl methyl sites for hydroxylation is 1. The van der Waals surface area contributed by atoms with E-state index in [1.807, 2.05) is 24.3 Å². The number of hydrogen-bond acceptors (Lipinski definition) is 3. The van der Waals surface area contributed by atoms with Crippen molar-refractivity contribution in [2.45, 2.75) is 123 Å². The minimum absolute atomic E-state index is 0.143. The van der Waals surface area contributed by atoms with Gasteiger partial charge in [0.05, 0.1) is 14.1 Å². The maximum absolute atomic E-state index is 13.1. The van der Waals surface area contributed by atoms with Crippen LogP contribution in [0, 0.1) is 0 Å². The molecular weight excluding hydrogens is 482 g/mol. The van der Waals surface area contributed by atoms with E-state index in [9.17, 15) is 4.79 Å². The number of quaternary nitrogens is 1. The Morgan fingerprint density at radius 1 is 0.744 bits per heavy atom. The van der Waals surface area contributed by atoms with Crippen molar-refractivity contribution in [1.82, 2.24) is 0 Å². The lowest BCUT2D eigenvalue weighted by Crippen LogP contribution is -2.52. The van der Waals surface area contributed by atoms with Crippen molar-refractivity contribution in [3.63, 3.8) is 0 Å². The molecule has 0 heterocycles. The molecule has 218 valence electrons. The molecule has 0 N–H and O–H groups in total. The third-order valence-corrected chi connectivity index (χ3v) is 7.82. The van der Waals surface area contributed by atoms with Crippen molar-refractivity contribution in [2.24, 2.45) is 0 Å². The summed E-state index contributed by atoms with van der Waals surface area (Å²) >= 11 is 0. The van der Waals surface area contributed by atoms with Gasteiger partial charge in [-0.05, 0) is 37.0 Å². The number of hydrogen-bond donors (Lipinski definition) is 0. The molecule has 0 aliphatic rings. The monoisotopic (exact) mass is 538 g/mol. The molecule has 0 saturated heterocycles. The number of rotatable bonds is 21. The van der Waals surface area contributed by atoms with Gasteiger partial charge >= 0.3 is 5.97 Å². The molecule has 0 aromatic heterocycles. The van der Waals surface area contributed by atoms with Gasteiger partial charge in [0, 0.05) is 12.0 Å². The lowest BCUT2D eigenvalue weighted by molar-refractivity contribution is -0.919. The standard InChI is InChI=1S/C35H56NO3/c1-6-9-10-11-12-13-14-15-16-18-22-30-25-21-26-33(27-30)39-32(7-2)29-38-35(37)34(8-3)36(4,5)28-31-23-19-17-20-24-31/h17,19-21,23-27,32,34H,6-16,18,22,28-29H2,1-5H3/q+1. The Morgan fingerprint density at radius 3 is 1.97 bits per heavy atom. The van der Waals surface area contributed by atoms with Gasteiger partial charge in [-0.15, -0.1) is 0 Å². The Kier molecular flexibility index (Phi) is 15.9. The summed E-state index contributed by atoms with van der Waals surface area (Å²) in [5.41, 5.74) is 2.55. The number of unbranched alkanes of at least 4 members (excludes halogenated alkanes) is 9. The Bertz CT molecular complexity index is 911. The van der Waals surface area contributed by atoms with Crippen LogP contribution in [0.5, 0.6) is 5.75 Å². The molecule has 0 spiro atoms. The van der Waals surface area contributed by atoms with Crippen LogP contribution >= 0.6 is 0 Å². The van der Waals surface area contributed by atoms with Gasteiger partial charge < -0.3 is 14.0 Å². The van der Waals surface area contributed by atoms with E-state index in [4.69, 9.17) is 9.47 Å². The molecule has 0 aliphatic carbocycles. The molecule has 0 saturated carbocycles. The van der Waals surface area contributed by atoms with Gasteiger partial charge in [0.15, 0.2) is 6.04 Å². The first-order chi connectivity index (χ1) is 18.9. The van der Waals surface area contributed by atoms with Crippen molar-refractivity contribution in [3.05, 3.63) is 65.7 Å². The third-order valence-electron chi connectivity index (χ3n) is 7.82. The Morgan fingerprint density at radius 2 is 1.36 bits per heavy atom. The van der Waals surface area contributed by atoms with Crippen molar-refractivity contribution in [2.75, 3.05) is 20.7 Å². The molecule has 0 aliphatic heterocycles. The number of esters is 1. The fraction of sp³-hybridized carbons (Fsp3) is 0.629. The summed E-state index contributed by atoms with van der Waals surface area (Å²) in [6.07, 6.45) is 16.0. The van der Waals surface area contributed by atoms with E-state index in [0.29, 0.717) is 4.48 Å². The molecule has 39 heavy (non-hydrogen) atoms. The number of benzene rings is 2. The minimum atomic E-state index is -0.216. The first kappa shape index (κ1) is 32.9. The highest BCUT2D eigenvalue weighted by atomic mass is 16.6. The molecule has 2 atom stereocenters. The van der Waals surface area contributed by atoms with Crippen molar-refractivity contribution in [1.29, 1.82) is 0 Å². The fourth-order valence-corrected chi connectivity index (χ4v) is 5.40. The van der Waals surface area contributed by atoms with Gasteiger partial charge in [0.2, 0.25) is 0 Å². The highest BCUT2D eigenvalue weighted by molar-refractivity contribution is 5.74. The Hall–Kier alpha value is -2.33. The second-order valence-corrected chi connectivity index (χ2v) is 11.7. The third kappa shape index (κ3) is 13.0. The van der Waals surface area contributed by atoms with Gasteiger partial charge in [-0.1, -0.05) is 121 Å². The van der Waals surface area contributed by atoms with Crippen LogP contribution in [0.2, 0.25) is 0 Å². The summed E-state index contributed by atoms with van der Waals surface area (Å²) < 4.78 is 12.7. The lowest BCUT2D eigenvalue weighted by atomic mass is 10.0. The fourth-order valence-electron chi connectivity index (χ4n) is 5.40. The Labute approximate surface area is 239 Å². The summed E-state index contributed by atoms with van der Waals surface area (Å²) in [5, 5.41) is 0. The van der Waals surface area contributed by atoms with Crippen molar-refractivity contribution < 1.29 is 18.8 Å². The second kappa shape index (κ2) is 18.9. The number of likely N-dealkylation sites (N-methyl/N-ethyl adjacent to an activating group) is 1. The molecule has 2 rings (SSSR count). The SMILES string of the molecule is CCCCCCCCCCCCc1cccc(OC(CC)COC(=O)C(CC)[N+](C)(C)Cc2ccccc2)c1. The average molecular weight is 539 g/mol. The van der Waals surface area contributed by atoms with E-state index in [-0.39, 0.29) is 24.7 Å². The normalized spacial score (nSPS) is 13.2. The zero-order chi connectivity index (χ0) is 28.3. The largest absolute Gasteiger partial charge is 0.487 e. The smallest absolute Gasteiger partial charge is 0.365 e. The van der Waals surface area contributed by atoms with Crippen LogP contribution in [0.1, 0.15) is 109 Å². The highest BCUT2D eigenvalue weighted by Gasteiger charge is 2.35. The van der Waals surface area contributed by atoms with Gasteiger partial charge in [-0.25, -0.2) is 4.79 Å². The topological polar surface area (TPSA) is 35.5 Å². The van der Waals surface area contributed by atoms with Gasteiger partial charge in [0.25, 0.3) is 0 Å². The maximum atomic E-state index is 13.1. The zero-order valence-electron chi connectivity index (χ0n) is 25.6. The molecule has 0 amide bonds. The molecule has 0 bridgehead atoms. The van der Waals surface area contributed by atoms with Crippen LogP contribution < -0.4 is 4.74 Å². The number of nitrogens with zero attached hydrogens (tertiary/aromatic N) is 1. The highest BCUT2D eigenvalue weighted by Crippen LogP contribution is 2.21. The van der Waals surface area contributed by atoms with Crippen LogP contribution in [-0.4, -0.2) is 43.3 Å². The van der Waals surface area contributed by atoms with Gasteiger partial charge in [-0.3, -0.25) is 0 Å². The number of ether oxygens (including phenoxy) is 2.